The first-order valence-corrected chi connectivity index (χ1v) is 7.89. The maximum atomic E-state index is 12.7. The smallest absolute Gasteiger partial charge is 0.195 e. The Balaban J connectivity index is 2.36. The monoisotopic (exact) mass is 407 g/mol. The second kappa shape index (κ2) is 5.07. The lowest BCUT2D eigenvalue weighted by atomic mass is 9.84. The van der Waals surface area contributed by atoms with Crippen molar-refractivity contribution in [2.75, 3.05) is 19.0 Å². The van der Waals surface area contributed by atoms with Gasteiger partial charge in [-0.15, -0.1) is 0 Å². The van der Waals surface area contributed by atoms with Crippen molar-refractivity contribution in [3.8, 4) is 0 Å². The van der Waals surface area contributed by atoms with Crippen LogP contribution < -0.4 is 4.90 Å². The van der Waals surface area contributed by atoms with Crippen molar-refractivity contribution in [3.05, 3.63) is 61.5 Å². The summed E-state index contributed by atoms with van der Waals surface area (Å²) in [6, 6.07) is 8.70. The van der Waals surface area contributed by atoms with Gasteiger partial charge in [0.2, 0.25) is 0 Å². The Morgan fingerprint density at radius 1 is 0.857 bits per heavy atom. The molecular formula is C16H11Br2NO2. The van der Waals surface area contributed by atoms with Gasteiger partial charge in [0.25, 0.3) is 0 Å². The zero-order chi connectivity index (χ0) is 15.3. The number of halogens is 2. The molecule has 1 aliphatic rings. The van der Waals surface area contributed by atoms with Gasteiger partial charge in [-0.3, -0.25) is 9.59 Å². The number of nitrogens with zero attached hydrogens (tertiary/aromatic N) is 1. The third-order valence-corrected chi connectivity index (χ3v) is 5.69. The number of rotatable bonds is 1. The van der Waals surface area contributed by atoms with E-state index in [0.29, 0.717) is 26.7 Å². The van der Waals surface area contributed by atoms with Crippen LogP contribution in [0, 0.1) is 0 Å². The molecule has 3 rings (SSSR count). The van der Waals surface area contributed by atoms with E-state index < -0.39 is 0 Å². The van der Waals surface area contributed by atoms with Crippen LogP contribution in [-0.2, 0) is 0 Å². The fraction of sp³-hybridized carbons (Fsp3) is 0.125. The van der Waals surface area contributed by atoms with E-state index in [4.69, 9.17) is 0 Å². The zero-order valence-corrected chi connectivity index (χ0v) is 14.6. The van der Waals surface area contributed by atoms with E-state index in [1.807, 2.05) is 19.0 Å². The standard InChI is InChI=1S/C16H11Br2NO2/c1-19(2)11-7-10-12(14(18)13(11)17)16(21)9-6-4-3-5-8(9)15(10)20/h3-7H,1-2H3. The molecule has 0 saturated heterocycles. The fourth-order valence-electron chi connectivity index (χ4n) is 2.50. The van der Waals surface area contributed by atoms with Crippen molar-refractivity contribution in [1.82, 2.24) is 0 Å². The fourth-order valence-corrected chi connectivity index (χ4v) is 3.76. The van der Waals surface area contributed by atoms with Crippen LogP contribution in [0.2, 0.25) is 0 Å². The van der Waals surface area contributed by atoms with E-state index in [9.17, 15) is 9.59 Å². The molecule has 5 heteroatoms. The Kier molecular flexibility index (Phi) is 3.50. The summed E-state index contributed by atoms with van der Waals surface area (Å²) < 4.78 is 1.39. The van der Waals surface area contributed by atoms with Crippen LogP contribution in [-0.4, -0.2) is 25.7 Å². The van der Waals surface area contributed by atoms with Crippen molar-refractivity contribution in [2.24, 2.45) is 0 Å². The summed E-state index contributed by atoms with van der Waals surface area (Å²) in [6.07, 6.45) is 0. The molecule has 0 spiro atoms. The summed E-state index contributed by atoms with van der Waals surface area (Å²) in [7, 11) is 3.78. The molecule has 3 nitrogen and oxygen atoms in total. The molecule has 0 atom stereocenters. The highest BCUT2D eigenvalue weighted by Gasteiger charge is 2.33. The van der Waals surface area contributed by atoms with Gasteiger partial charge in [0.05, 0.1) is 10.2 Å². The molecule has 0 N–H and O–H groups in total. The van der Waals surface area contributed by atoms with Crippen molar-refractivity contribution in [1.29, 1.82) is 0 Å². The Hall–Kier alpha value is -1.46. The first-order valence-electron chi connectivity index (χ1n) is 6.31. The van der Waals surface area contributed by atoms with Crippen LogP contribution in [0.3, 0.4) is 0 Å². The Morgan fingerprint density at radius 2 is 1.43 bits per heavy atom. The van der Waals surface area contributed by atoms with E-state index in [2.05, 4.69) is 31.9 Å². The minimum Gasteiger partial charge on any atom is -0.377 e. The molecule has 0 amide bonds. The molecule has 2 aromatic rings. The minimum absolute atomic E-state index is 0.114. The number of hydrogen-bond acceptors (Lipinski definition) is 3. The molecule has 0 heterocycles. The molecule has 21 heavy (non-hydrogen) atoms. The summed E-state index contributed by atoms with van der Waals surface area (Å²) in [5.74, 6) is -0.241. The van der Waals surface area contributed by atoms with Gasteiger partial charge in [-0.1, -0.05) is 24.3 Å². The molecule has 106 valence electrons. The number of benzene rings is 2. The molecular weight excluding hydrogens is 398 g/mol. The lowest BCUT2D eigenvalue weighted by Crippen LogP contribution is -2.23. The van der Waals surface area contributed by atoms with Gasteiger partial charge in [-0.05, 0) is 37.9 Å². The SMILES string of the molecule is CN(C)c1cc2c(c(Br)c1Br)C(=O)c1ccccc1C2=O. The number of carbonyl (C=O) groups is 2. The molecule has 0 aromatic heterocycles. The van der Waals surface area contributed by atoms with Crippen molar-refractivity contribution in [3.63, 3.8) is 0 Å². The van der Waals surface area contributed by atoms with Crippen LogP contribution in [0.15, 0.2) is 39.3 Å². The maximum Gasteiger partial charge on any atom is 0.195 e. The van der Waals surface area contributed by atoms with Gasteiger partial charge >= 0.3 is 0 Å². The highest BCUT2D eigenvalue weighted by molar-refractivity contribution is 9.13. The van der Waals surface area contributed by atoms with Gasteiger partial charge in [0, 0.05) is 40.8 Å². The zero-order valence-electron chi connectivity index (χ0n) is 11.4. The molecule has 0 bridgehead atoms. The number of carbonyl (C=O) groups excluding carboxylic acids is 2. The highest BCUT2D eigenvalue weighted by atomic mass is 79.9. The Labute approximate surface area is 139 Å². The van der Waals surface area contributed by atoms with Crippen LogP contribution in [0.1, 0.15) is 31.8 Å². The lowest BCUT2D eigenvalue weighted by molar-refractivity contribution is 0.0978. The summed E-state index contributed by atoms with van der Waals surface area (Å²) in [5.41, 5.74) is 2.64. The summed E-state index contributed by atoms with van der Waals surface area (Å²) in [5, 5.41) is 0. The second-order valence-corrected chi connectivity index (χ2v) is 6.63. The van der Waals surface area contributed by atoms with Gasteiger partial charge < -0.3 is 4.90 Å². The first kappa shape index (κ1) is 14.5. The largest absolute Gasteiger partial charge is 0.377 e. The van der Waals surface area contributed by atoms with Crippen LogP contribution >= 0.6 is 31.9 Å². The van der Waals surface area contributed by atoms with Gasteiger partial charge in [-0.2, -0.15) is 0 Å². The topological polar surface area (TPSA) is 37.4 Å². The van der Waals surface area contributed by atoms with E-state index in [-0.39, 0.29) is 11.6 Å². The van der Waals surface area contributed by atoms with Crippen molar-refractivity contribution in [2.45, 2.75) is 0 Å². The van der Waals surface area contributed by atoms with Crippen LogP contribution in [0.5, 0.6) is 0 Å². The molecule has 2 aromatic carbocycles. The lowest BCUT2D eigenvalue weighted by Gasteiger charge is -2.23. The first-order chi connectivity index (χ1) is 9.93. The molecule has 0 aliphatic heterocycles. The van der Waals surface area contributed by atoms with E-state index in [1.54, 1.807) is 30.3 Å². The maximum absolute atomic E-state index is 12.7. The summed E-state index contributed by atoms with van der Waals surface area (Å²) in [6.45, 7) is 0. The molecule has 0 radical (unpaired) electrons. The average molecular weight is 409 g/mol. The average Bonchev–Trinajstić information content (AvgIpc) is 2.47. The quantitative estimate of drug-likeness (QED) is 0.609. The third kappa shape index (κ3) is 2.07. The number of anilines is 1. The molecule has 0 saturated carbocycles. The van der Waals surface area contributed by atoms with Gasteiger partial charge in [0.15, 0.2) is 11.6 Å². The Bertz CT molecular complexity index is 797. The van der Waals surface area contributed by atoms with Crippen molar-refractivity contribution >= 4 is 49.1 Å². The highest BCUT2D eigenvalue weighted by Crippen LogP contribution is 2.41. The third-order valence-electron chi connectivity index (χ3n) is 3.56. The molecule has 0 fully saturated rings. The predicted octanol–water partition coefficient (Wildman–Crippen LogP) is 4.05. The van der Waals surface area contributed by atoms with Gasteiger partial charge in [0.1, 0.15) is 0 Å². The van der Waals surface area contributed by atoms with Crippen LogP contribution in [0.4, 0.5) is 5.69 Å². The van der Waals surface area contributed by atoms with E-state index >= 15 is 0 Å². The predicted molar refractivity (Wildman–Crippen MR) is 89.5 cm³/mol. The molecule has 1 aliphatic carbocycles. The van der Waals surface area contributed by atoms with E-state index in [0.717, 1.165) is 10.2 Å². The van der Waals surface area contributed by atoms with Gasteiger partial charge in [-0.25, -0.2) is 0 Å². The normalized spacial score (nSPS) is 13.0. The molecule has 0 unspecified atom stereocenters. The Morgan fingerprint density at radius 3 is 2.00 bits per heavy atom. The number of hydrogen-bond donors (Lipinski definition) is 0. The van der Waals surface area contributed by atoms with E-state index in [1.165, 1.54) is 0 Å². The summed E-state index contributed by atoms with van der Waals surface area (Å²) in [4.78, 5) is 27.3. The second-order valence-electron chi connectivity index (χ2n) is 5.04. The minimum atomic E-state index is -0.127. The number of fused-ring (bicyclic) bond motifs is 2. The summed E-state index contributed by atoms with van der Waals surface area (Å²) >= 11 is 6.95. The van der Waals surface area contributed by atoms with Crippen molar-refractivity contribution < 1.29 is 9.59 Å². The number of ketones is 2. The van der Waals surface area contributed by atoms with Crippen LogP contribution in [0.25, 0.3) is 0 Å².